The fourth-order valence-electron chi connectivity index (χ4n) is 11.1. The van der Waals surface area contributed by atoms with Gasteiger partial charge in [-0.15, -0.1) is 0 Å². The maximum absolute atomic E-state index is 6.82. The third kappa shape index (κ3) is 4.76. The zero-order valence-corrected chi connectivity index (χ0v) is 34.1. The molecule has 0 atom stereocenters. The Hall–Kier alpha value is -8.27. The van der Waals surface area contributed by atoms with Crippen molar-refractivity contribution >= 4 is 43.7 Å². The normalized spacial score (nSPS) is 13.2. The average Bonchev–Trinajstić information content (AvgIpc) is 4.06. The van der Waals surface area contributed by atoms with Gasteiger partial charge in [-0.25, -0.2) is 4.98 Å². The topological polar surface area (TPSA) is 31.0 Å². The number of fused-ring (bicyclic) bond motifs is 16. The van der Waals surface area contributed by atoms with Crippen LogP contribution >= 0.6 is 0 Å². The smallest absolute Gasteiger partial charge is 0.138 e. The predicted octanol–water partition coefficient (Wildman–Crippen LogP) is 15.4. The third-order valence-electron chi connectivity index (χ3n) is 13.8. The largest absolute Gasteiger partial charge is 0.456 e. The highest BCUT2D eigenvalue weighted by molar-refractivity contribution is 6.12. The van der Waals surface area contributed by atoms with Crippen molar-refractivity contribution in [3.8, 4) is 61.6 Å². The lowest BCUT2D eigenvalue weighted by Gasteiger charge is -2.30. The monoisotopic (exact) mass is 800 g/mol. The molecular formula is C60H36N2O. The van der Waals surface area contributed by atoms with E-state index in [-0.39, 0.29) is 0 Å². The summed E-state index contributed by atoms with van der Waals surface area (Å²) in [7, 11) is 0. The van der Waals surface area contributed by atoms with E-state index in [2.05, 4.69) is 223 Å². The van der Waals surface area contributed by atoms with E-state index in [1.807, 2.05) is 0 Å². The summed E-state index contributed by atoms with van der Waals surface area (Å²) in [5.74, 6) is 0.884. The van der Waals surface area contributed by atoms with Gasteiger partial charge in [-0.05, 0) is 115 Å². The third-order valence-corrected chi connectivity index (χ3v) is 13.8. The Morgan fingerprint density at radius 2 is 0.905 bits per heavy atom. The van der Waals surface area contributed by atoms with Crippen LogP contribution in [-0.2, 0) is 5.41 Å². The van der Waals surface area contributed by atoms with Crippen LogP contribution in [0.25, 0.3) is 105 Å². The van der Waals surface area contributed by atoms with Gasteiger partial charge < -0.3 is 4.42 Å². The van der Waals surface area contributed by atoms with E-state index in [1.54, 1.807) is 0 Å². The van der Waals surface area contributed by atoms with Crippen molar-refractivity contribution in [2.75, 3.05) is 0 Å². The van der Waals surface area contributed by atoms with Gasteiger partial charge in [0.1, 0.15) is 17.0 Å². The molecular weight excluding hydrogens is 765 g/mol. The number of pyridine rings is 1. The minimum Gasteiger partial charge on any atom is -0.456 e. The average molecular weight is 801 g/mol. The lowest BCUT2D eigenvalue weighted by Crippen LogP contribution is -2.25. The van der Waals surface area contributed by atoms with Gasteiger partial charge in [0, 0.05) is 27.1 Å². The highest BCUT2D eigenvalue weighted by Crippen LogP contribution is 2.63. The van der Waals surface area contributed by atoms with Crippen molar-refractivity contribution in [1.82, 2.24) is 9.55 Å². The Balaban J connectivity index is 0.962. The summed E-state index contributed by atoms with van der Waals surface area (Å²) in [6, 6.07) is 79.4. The number of nitrogens with zero attached hydrogens (tertiary/aromatic N) is 2. The van der Waals surface area contributed by atoms with Crippen LogP contribution in [0.1, 0.15) is 22.3 Å². The Bertz CT molecular complexity index is 3750. The van der Waals surface area contributed by atoms with Crippen molar-refractivity contribution in [3.63, 3.8) is 0 Å². The van der Waals surface area contributed by atoms with Crippen LogP contribution in [0.2, 0.25) is 0 Å². The Kier molecular flexibility index (Phi) is 7.04. The number of rotatable bonds is 4. The van der Waals surface area contributed by atoms with Gasteiger partial charge in [0.25, 0.3) is 0 Å². The van der Waals surface area contributed by atoms with Crippen molar-refractivity contribution in [1.29, 1.82) is 0 Å². The van der Waals surface area contributed by atoms with Crippen LogP contribution in [0.5, 0.6) is 0 Å². The molecule has 3 nitrogen and oxygen atoms in total. The molecule has 292 valence electrons. The first-order chi connectivity index (χ1) is 31.2. The summed E-state index contributed by atoms with van der Waals surface area (Å²) in [6.07, 6.45) is 0. The molecule has 3 heteroatoms. The number of para-hydroxylation sites is 1. The molecule has 0 unspecified atom stereocenters. The van der Waals surface area contributed by atoms with Crippen LogP contribution in [0.3, 0.4) is 0 Å². The molecule has 0 radical (unpaired) electrons. The molecule has 0 saturated heterocycles. The number of hydrogen-bond acceptors (Lipinski definition) is 2. The lowest BCUT2D eigenvalue weighted by molar-refractivity contribution is 0.666. The SMILES string of the molecule is c1ccc(-c2cc(-c3ccccc3)nc(-n3c4ccccc4c4ccc(-c5ccc6oc7cc8c(cc7c6c5)-c5ccccc5C85c6ccccc6-c6ccccc65)cc43)c2)cc1. The minimum absolute atomic E-state index is 0.414. The van der Waals surface area contributed by atoms with E-state index in [0.29, 0.717) is 0 Å². The molecule has 0 fully saturated rings. The van der Waals surface area contributed by atoms with Crippen LogP contribution in [0, 0.1) is 0 Å². The van der Waals surface area contributed by atoms with Gasteiger partial charge in [-0.3, -0.25) is 4.57 Å². The summed E-state index contributed by atoms with van der Waals surface area (Å²) >= 11 is 0. The standard InChI is InChI=1S/C60H36N2O/c1-3-15-37(16-4-1)41-32-54(38-17-5-2-6-18-38)61-59(34-41)62-55-26-14-10-22-45(55)46-29-27-40(33-56(46)62)39-28-30-57-48(31-39)49-35-47-44-21-9-13-25-52(44)60(53(47)36-58(49)63-57)50-23-11-7-19-42(50)43-20-8-12-24-51(43)60/h1-36H. The first-order valence-electron chi connectivity index (χ1n) is 21.7. The molecule has 14 rings (SSSR count). The summed E-state index contributed by atoms with van der Waals surface area (Å²) in [5.41, 5.74) is 20.6. The molecule has 0 bridgehead atoms. The number of furan rings is 1. The second kappa shape index (κ2) is 12.9. The molecule has 0 aliphatic heterocycles. The fourth-order valence-corrected chi connectivity index (χ4v) is 11.1. The van der Waals surface area contributed by atoms with E-state index in [0.717, 1.165) is 72.3 Å². The van der Waals surface area contributed by atoms with Crippen LogP contribution in [-0.4, -0.2) is 9.55 Å². The molecule has 9 aromatic carbocycles. The molecule has 0 N–H and O–H groups in total. The summed E-state index contributed by atoms with van der Waals surface area (Å²) in [5, 5.41) is 4.63. The maximum Gasteiger partial charge on any atom is 0.138 e. The molecule has 3 aromatic heterocycles. The van der Waals surface area contributed by atoms with E-state index >= 15 is 0 Å². The van der Waals surface area contributed by atoms with Gasteiger partial charge in [0.05, 0.1) is 22.1 Å². The van der Waals surface area contributed by atoms with Gasteiger partial charge >= 0.3 is 0 Å². The van der Waals surface area contributed by atoms with E-state index in [1.165, 1.54) is 55.3 Å². The van der Waals surface area contributed by atoms with Crippen LogP contribution < -0.4 is 0 Å². The molecule has 0 amide bonds. The van der Waals surface area contributed by atoms with Crippen LogP contribution in [0.4, 0.5) is 0 Å². The molecule has 3 heterocycles. The quantitative estimate of drug-likeness (QED) is 0.177. The first kappa shape index (κ1) is 34.4. The van der Waals surface area contributed by atoms with Crippen molar-refractivity contribution < 1.29 is 4.42 Å². The van der Waals surface area contributed by atoms with Gasteiger partial charge in [-0.2, -0.15) is 0 Å². The summed E-state index contributed by atoms with van der Waals surface area (Å²) < 4.78 is 9.16. The molecule has 2 aliphatic rings. The van der Waals surface area contributed by atoms with Crippen molar-refractivity contribution in [3.05, 3.63) is 241 Å². The Morgan fingerprint density at radius 3 is 1.63 bits per heavy atom. The van der Waals surface area contributed by atoms with E-state index < -0.39 is 5.41 Å². The second-order valence-corrected chi connectivity index (χ2v) is 17.0. The minimum atomic E-state index is -0.414. The number of benzene rings is 9. The number of aromatic nitrogens is 2. The molecule has 2 aliphatic carbocycles. The first-order valence-corrected chi connectivity index (χ1v) is 21.7. The number of hydrogen-bond donors (Lipinski definition) is 0. The highest BCUT2D eigenvalue weighted by Gasteiger charge is 2.51. The molecule has 1 spiro atoms. The van der Waals surface area contributed by atoms with Gasteiger partial charge in [0.15, 0.2) is 0 Å². The molecule has 63 heavy (non-hydrogen) atoms. The van der Waals surface area contributed by atoms with E-state index in [4.69, 9.17) is 9.40 Å². The predicted molar refractivity (Wildman–Crippen MR) is 258 cm³/mol. The molecule has 12 aromatic rings. The summed E-state index contributed by atoms with van der Waals surface area (Å²) in [4.78, 5) is 5.39. The Morgan fingerprint density at radius 1 is 0.333 bits per heavy atom. The van der Waals surface area contributed by atoms with Gasteiger partial charge in [-0.1, -0.05) is 170 Å². The Labute approximate surface area is 363 Å². The molecule has 0 saturated carbocycles. The van der Waals surface area contributed by atoms with Crippen molar-refractivity contribution in [2.45, 2.75) is 5.41 Å². The van der Waals surface area contributed by atoms with E-state index in [9.17, 15) is 0 Å². The zero-order chi connectivity index (χ0) is 41.2. The fraction of sp³-hybridized carbons (Fsp3) is 0.0167. The van der Waals surface area contributed by atoms with Gasteiger partial charge in [0.2, 0.25) is 0 Å². The highest BCUT2D eigenvalue weighted by atomic mass is 16.3. The maximum atomic E-state index is 6.82. The summed E-state index contributed by atoms with van der Waals surface area (Å²) in [6.45, 7) is 0. The van der Waals surface area contributed by atoms with Crippen molar-refractivity contribution in [2.24, 2.45) is 0 Å². The lowest BCUT2D eigenvalue weighted by atomic mass is 9.70. The zero-order valence-electron chi connectivity index (χ0n) is 34.1. The second-order valence-electron chi connectivity index (χ2n) is 17.0. The van der Waals surface area contributed by atoms with Crippen LogP contribution in [0.15, 0.2) is 223 Å².